The molecule has 0 amide bonds. The van der Waals surface area contributed by atoms with Gasteiger partial charge in [0.1, 0.15) is 0 Å². The Morgan fingerprint density at radius 1 is 1.62 bits per heavy atom. The van der Waals surface area contributed by atoms with Crippen LogP contribution in [0.15, 0.2) is 22.9 Å². The highest BCUT2D eigenvalue weighted by atomic mass is 79.9. The van der Waals surface area contributed by atoms with Crippen LogP contribution in [0.5, 0.6) is 0 Å². The summed E-state index contributed by atoms with van der Waals surface area (Å²) < 4.78 is 7.37. The van der Waals surface area contributed by atoms with Crippen LogP contribution >= 0.6 is 15.9 Å². The topological polar surface area (TPSA) is 69.6 Å². The van der Waals surface area contributed by atoms with Gasteiger partial charge in [-0.3, -0.25) is 0 Å². The number of fused-ring (bicyclic) bond motifs is 1. The molecule has 2 heterocycles. The summed E-state index contributed by atoms with van der Waals surface area (Å²) in [6.45, 7) is 2.07. The monoisotopic (exact) mass is 283 g/mol. The van der Waals surface area contributed by atoms with E-state index < -0.39 is 5.97 Å². The number of nitrogen functional groups attached to an aromatic ring is 1. The second-order valence-electron chi connectivity index (χ2n) is 3.19. The van der Waals surface area contributed by atoms with Crippen molar-refractivity contribution in [1.29, 1.82) is 0 Å². The SMILES string of the molecule is CCOC(=O)c1cn2cc(Br)cc(N)c2n1. The molecule has 0 bridgehead atoms. The van der Waals surface area contributed by atoms with Crippen LogP contribution in [0.2, 0.25) is 0 Å². The predicted octanol–water partition coefficient (Wildman–Crippen LogP) is 1.86. The first-order valence-electron chi connectivity index (χ1n) is 4.72. The summed E-state index contributed by atoms with van der Waals surface area (Å²) >= 11 is 3.32. The van der Waals surface area contributed by atoms with Crippen LogP contribution < -0.4 is 5.73 Å². The van der Waals surface area contributed by atoms with Gasteiger partial charge in [-0.05, 0) is 28.9 Å². The minimum absolute atomic E-state index is 0.256. The molecule has 2 aromatic heterocycles. The Morgan fingerprint density at radius 2 is 2.38 bits per heavy atom. The fraction of sp³-hybridized carbons (Fsp3) is 0.200. The maximum Gasteiger partial charge on any atom is 0.358 e. The molecule has 0 aliphatic heterocycles. The summed E-state index contributed by atoms with van der Waals surface area (Å²) in [5.74, 6) is -0.443. The van der Waals surface area contributed by atoms with E-state index in [0.29, 0.717) is 17.9 Å². The maximum absolute atomic E-state index is 11.5. The van der Waals surface area contributed by atoms with E-state index >= 15 is 0 Å². The molecule has 2 aromatic rings. The quantitative estimate of drug-likeness (QED) is 0.854. The minimum Gasteiger partial charge on any atom is -0.461 e. The van der Waals surface area contributed by atoms with Gasteiger partial charge in [0.25, 0.3) is 0 Å². The standard InChI is InChI=1S/C10H10BrN3O2/c1-2-16-10(15)8-5-14-4-6(11)3-7(12)9(14)13-8/h3-5H,2,12H2,1H3. The number of carbonyl (C=O) groups is 1. The summed E-state index contributed by atoms with van der Waals surface area (Å²) in [7, 11) is 0. The number of esters is 1. The van der Waals surface area contributed by atoms with Gasteiger partial charge in [0.15, 0.2) is 11.3 Å². The van der Waals surface area contributed by atoms with Gasteiger partial charge in [-0.1, -0.05) is 0 Å². The third-order valence-electron chi connectivity index (χ3n) is 2.03. The fourth-order valence-electron chi connectivity index (χ4n) is 1.39. The van der Waals surface area contributed by atoms with Gasteiger partial charge in [0.2, 0.25) is 0 Å². The molecule has 0 unspecified atom stereocenters. The number of halogens is 1. The van der Waals surface area contributed by atoms with E-state index in [1.165, 1.54) is 0 Å². The van der Waals surface area contributed by atoms with Crippen LogP contribution in [0.3, 0.4) is 0 Å². The summed E-state index contributed by atoms with van der Waals surface area (Å²) in [6, 6.07) is 1.73. The van der Waals surface area contributed by atoms with Crippen LogP contribution in [0.25, 0.3) is 5.65 Å². The average Bonchev–Trinajstić information content (AvgIpc) is 2.62. The highest BCUT2D eigenvalue weighted by Crippen LogP contribution is 2.19. The van der Waals surface area contributed by atoms with E-state index in [0.717, 1.165) is 4.47 Å². The number of pyridine rings is 1. The van der Waals surface area contributed by atoms with E-state index in [-0.39, 0.29) is 5.69 Å². The number of nitrogens with zero attached hydrogens (tertiary/aromatic N) is 2. The van der Waals surface area contributed by atoms with Gasteiger partial charge >= 0.3 is 5.97 Å². The molecule has 0 aliphatic carbocycles. The van der Waals surface area contributed by atoms with Gasteiger partial charge in [-0.25, -0.2) is 9.78 Å². The lowest BCUT2D eigenvalue weighted by Crippen LogP contribution is -2.04. The lowest BCUT2D eigenvalue weighted by molar-refractivity contribution is 0.0520. The molecule has 5 nitrogen and oxygen atoms in total. The second-order valence-corrected chi connectivity index (χ2v) is 4.11. The smallest absolute Gasteiger partial charge is 0.358 e. The highest BCUT2D eigenvalue weighted by Gasteiger charge is 2.13. The maximum atomic E-state index is 11.5. The van der Waals surface area contributed by atoms with Crippen molar-refractivity contribution in [1.82, 2.24) is 9.38 Å². The Hall–Kier alpha value is -1.56. The van der Waals surface area contributed by atoms with Gasteiger partial charge in [0.05, 0.1) is 12.3 Å². The number of hydrogen-bond acceptors (Lipinski definition) is 4. The van der Waals surface area contributed by atoms with Crippen molar-refractivity contribution in [2.24, 2.45) is 0 Å². The molecule has 6 heteroatoms. The molecule has 0 fully saturated rings. The number of carbonyl (C=O) groups excluding carboxylic acids is 1. The van der Waals surface area contributed by atoms with Crippen molar-refractivity contribution in [3.05, 3.63) is 28.6 Å². The number of imidazole rings is 1. The second kappa shape index (κ2) is 4.13. The largest absolute Gasteiger partial charge is 0.461 e. The first-order valence-corrected chi connectivity index (χ1v) is 5.52. The lowest BCUT2D eigenvalue weighted by atomic mass is 10.4. The molecule has 16 heavy (non-hydrogen) atoms. The predicted molar refractivity (Wildman–Crippen MR) is 63.3 cm³/mol. The third-order valence-corrected chi connectivity index (χ3v) is 2.46. The van der Waals surface area contributed by atoms with Crippen LogP contribution in [-0.2, 0) is 4.74 Å². The molecule has 0 spiro atoms. The number of ether oxygens (including phenoxy) is 1. The first-order chi connectivity index (χ1) is 7.61. The van der Waals surface area contributed by atoms with Crippen molar-refractivity contribution in [2.45, 2.75) is 6.92 Å². The molecule has 0 aromatic carbocycles. The summed E-state index contributed by atoms with van der Waals surface area (Å²) in [4.78, 5) is 15.6. The molecule has 0 radical (unpaired) electrons. The van der Waals surface area contributed by atoms with Crippen LogP contribution in [-0.4, -0.2) is 22.0 Å². The van der Waals surface area contributed by atoms with Gasteiger partial charge in [-0.2, -0.15) is 0 Å². The Balaban J connectivity index is 2.51. The van der Waals surface area contributed by atoms with Gasteiger partial charge in [0, 0.05) is 16.9 Å². The molecule has 2 rings (SSSR count). The number of aromatic nitrogens is 2. The van der Waals surface area contributed by atoms with E-state index in [2.05, 4.69) is 20.9 Å². The van der Waals surface area contributed by atoms with Crippen LogP contribution in [0, 0.1) is 0 Å². The van der Waals surface area contributed by atoms with E-state index in [1.807, 2.05) is 0 Å². The number of rotatable bonds is 2. The minimum atomic E-state index is -0.443. The lowest BCUT2D eigenvalue weighted by Gasteiger charge is -1.97. The molecule has 84 valence electrons. The Kier molecular flexibility index (Phi) is 2.82. The highest BCUT2D eigenvalue weighted by molar-refractivity contribution is 9.10. The molecular weight excluding hydrogens is 274 g/mol. The van der Waals surface area contributed by atoms with Crippen molar-refractivity contribution in [3.8, 4) is 0 Å². The summed E-state index contributed by atoms with van der Waals surface area (Å²) in [6.07, 6.45) is 3.37. The average molecular weight is 284 g/mol. The zero-order valence-corrected chi connectivity index (χ0v) is 10.2. The molecule has 0 atom stereocenters. The van der Waals surface area contributed by atoms with Crippen molar-refractivity contribution >= 4 is 33.2 Å². The molecular formula is C10H10BrN3O2. The molecule has 0 aliphatic rings. The van der Waals surface area contributed by atoms with E-state index in [1.54, 1.807) is 29.8 Å². The van der Waals surface area contributed by atoms with Gasteiger partial charge < -0.3 is 14.9 Å². The van der Waals surface area contributed by atoms with Crippen molar-refractivity contribution < 1.29 is 9.53 Å². The normalized spacial score (nSPS) is 10.6. The number of hydrogen-bond donors (Lipinski definition) is 1. The molecule has 2 N–H and O–H groups in total. The Morgan fingerprint density at radius 3 is 3.06 bits per heavy atom. The van der Waals surface area contributed by atoms with Crippen molar-refractivity contribution in [3.63, 3.8) is 0 Å². The summed E-state index contributed by atoms with van der Waals surface area (Å²) in [5, 5.41) is 0. The molecule has 0 saturated heterocycles. The van der Waals surface area contributed by atoms with E-state index in [4.69, 9.17) is 10.5 Å². The molecule has 0 saturated carbocycles. The van der Waals surface area contributed by atoms with Gasteiger partial charge in [-0.15, -0.1) is 0 Å². The number of nitrogens with two attached hydrogens (primary N) is 1. The Labute approximate surface area is 100 Å². The zero-order valence-electron chi connectivity index (χ0n) is 8.61. The first kappa shape index (κ1) is 10.9. The number of anilines is 1. The Bertz CT molecular complexity index is 550. The third kappa shape index (κ3) is 1.88. The zero-order chi connectivity index (χ0) is 11.7. The van der Waals surface area contributed by atoms with Crippen molar-refractivity contribution in [2.75, 3.05) is 12.3 Å². The fourth-order valence-corrected chi connectivity index (χ4v) is 1.86. The van der Waals surface area contributed by atoms with Crippen LogP contribution in [0.1, 0.15) is 17.4 Å². The summed E-state index contributed by atoms with van der Waals surface area (Å²) in [5.41, 5.74) is 7.09. The van der Waals surface area contributed by atoms with Crippen LogP contribution in [0.4, 0.5) is 5.69 Å². The van der Waals surface area contributed by atoms with E-state index in [9.17, 15) is 4.79 Å².